The van der Waals surface area contributed by atoms with Gasteiger partial charge in [0.1, 0.15) is 11.5 Å². The number of methoxy groups -OCH3 is 1. The second-order valence-electron chi connectivity index (χ2n) is 3.72. The first-order valence-electron chi connectivity index (χ1n) is 5.13. The van der Waals surface area contributed by atoms with Gasteiger partial charge in [0, 0.05) is 12.0 Å². The van der Waals surface area contributed by atoms with Crippen LogP contribution >= 0.6 is 0 Å². The molecule has 1 unspecified atom stereocenters. The van der Waals surface area contributed by atoms with E-state index in [0.717, 1.165) is 16.9 Å². The van der Waals surface area contributed by atoms with Crippen LogP contribution in [0.4, 0.5) is 0 Å². The number of rotatable bonds is 4. The van der Waals surface area contributed by atoms with Crippen molar-refractivity contribution >= 4 is 0 Å². The van der Waals surface area contributed by atoms with Gasteiger partial charge in [-0.2, -0.15) is 0 Å². The maximum atomic E-state index is 9.57. The molecule has 0 amide bonds. The summed E-state index contributed by atoms with van der Waals surface area (Å²) in [6.07, 6.45) is 0.812. The number of benzene rings is 1. The fourth-order valence-corrected chi connectivity index (χ4v) is 1.46. The van der Waals surface area contributed by atoms with E-state index in [0.29, 0.717) is 12.8 Å². The van der Waals surface area contributed by atoms with Gasteiger partial charge < -0.3 is 14.9 Å². The minimum atomic E-state index is -0.388. The molecular formula is C12H18O3. The van der Waals surface area contributed by atoms with Gasteiger partial charge in [-0.1, -0.05) is 6.92 Å². The van der Waals surface area contributed by atoms with E-state index < -0.39 is 0 Å². The molecule has 1 aromatic carbocycles. The van der Waals surface area contributed by atoms with Crippen molar-refractivity contribution in [2.24, 2.45) is 0 Å². The first kappa shape index (κ1) is 11.9. The van der Waals surface area contributed by atoms with E-state index in [1.165, 1.54) is 0 Å². The number of aliphatic hydroxyl groups is 1. The molecular weight excluding hydrogens is 192 g/mol. The standard InChI is InChI=1S/C12H18O3/c1-4-10(13)6-9-7-11(14)8(2)5-12(9)15-3/h5,7,10,13-14H,4,6H2,1-3H3. The van der Waals surface area contributed by atoms with E-state index in [-0.39, 0.29) is 11.9 Å². The molecule has 0 aromatic heterocycles. The topological polar surface area (TPSA) is 49.7 Å². The number of hydrogen-bond donors (Lipinski definition) is 2. The van der Waals surface area contributed by atoms with E-state index in [2.05, 4.69) is 0 Å². The fourth-order valence-electron chi connectivity index (χ4n) is 1.46. The second kappa shape index (κ2) is 5.03. The molecule has 0 saturated carbocycles. The highest BCUT2D eigenvalue weighted by molar-refractivity contribution is 5.45. The fraction of sp³-hybridized carbons (Fsp3) is 0.500. The molecule has 1 aromatic rings. The molecule has 1 atom stereocenters. The maximum absolute atomic E-state index is 9.57. The molecule has 0 fully saturated rings. The Morgan fingerprint density at radius 2 is 2.07 bits per heavy atom. The normalized spacial score (nSPS) is 12.5. The number of ether oxygens (including phenoxy) is 1. The zero-order chi connectivity index (χ0) is 11.4. The van der Waals surface area contributed by atoms with Gasteiger partial charge in [-0.3, -0.25) is 0 Å². The molecule has 15 heavy (non-hydrogen) atoms. The highest BCUT2D eigenvalue weighted by Gasteiger charge is 2.10. The maximum Gasteiger partial charge on any atom is 0.122 e. The molecule has 1 rings (SSSR count). The van der Waals surface area contributed by atoms with Gasteiger partial charge in [0.2, 0.25) is 0 Å². The summed E-state index contributed by atoms with van der Waals surface area (Å²) in [6, 6.07) is 3.44. The van der Waals surface area contributed by atoms with Gasteiger partial charge in [0.15, 0.2) is 0 Å². The Kier molecular flexibility index (Phi) is 3.97. The molecule has 0 aliphatic carbocycles. The molecule has 3 nitrogen and oxygen atoms in total. The van der Waals surface area contributed by atoms with E-state index >= 15 is 0 Å². The largest absolute Gasteiger partial charge is 0.508 e. The SMILES string of the molecule is CCC(O)Cc1cc(O)c(C)cc1OC. The van der Waals surface area contributed by atoms with Crippen molar-refractivity contribution in [2.75, 3.05) is 7.11 Å². The van der Waals surface area contributed by atoms with Crippen LogP contribution in [0, 0.1) is 6.92 Å². The third kappa shape index (κ3) is 2.86. The minimum Gasteiger partial charge on any atom is -0.508 e. The van der Waals surface area contributed by atoms with Crippen LogP contribution < -0.4 is 4.74 Å². The highest BCUT2D eigenvalue weighted by atomic mass is 16.5. The van der Waals surface area contributed by atoms with Crippen LogP contribution in [0.1, 0.15) is 24.5 Å². The monoisotopic (exact) mass is 210 g/mol. The summed E-state index contributed by atoms with van der Waals surface area (Å²) in [5, 5.41) is 19.1. The summed E-state index contributed by atoms with van der Waals surface area (Å²) in [6.45, 7) is 3.74. The highest BCUT2D eigenvalue weighted by Crippen LogP contribution is 2.28. The molecule has 0 radical (unpaired) electrons. The average molecular weight is 210 g/mol. The Morgan fingerprint density at radius 1 is 1.40 bits per heavy atom. The van der Waals surface area contributed by atoms with Gasteiger partial charge in [0.05, 0.1) is 13.2 Å². The number of aliphatic hydroxyl groups excluding tert-OH is 1. The van der Waals surface area contributed by atoms with E-state index in [9.17, 15) is 10.2 Å². The first-order chi connectivity index (χ1) is 7.08. The molecule has 0 heterocycles. The lowest BCUT2D eigenvalue weighted by Gasteiger charge is -2.13. The van der Waals surface area contributed by atoms with Crippen LogP contribution in [-0.4, -0.2) is 23.4 Å². The third-order valence-electron chi connectivity index (χ3n) is 2.53. The van der Waals surface area contributed by atoms with Crippen molar-refractivity contribution < 1.29 is 14.9 Å². The van der Waals surface area contributed by atoms with Gasteiger partial charge >= 0.3 is 0 Å². The lowest BCUT2D eigenvalue weighted by atomic mass is 10.0. The number of phenolic OH excluding ortho intramolecular Hbond substituents is 1. The lowest BCUT2D eigenvalue weighted by Crippen LogP contribution is -2.09. The molecule has 0 aliphatic heterocycles. The van der Waals surface area contributed by atoms with E-state index in [1.807, 2.05) is 13.8 Å². The number of phenols is 1. The van der Waals surface area contributed by atoms with Crippen LogP contribution in [0.3, 0.4) is 0 Å². The Bertz CT molecular complexity index is 334. The molecule has 0 bridgehead atoms. The molecule has 0 saturated heterocycles. The van der Waals surface area contributed by atoms with Crippen LogP contribution in [0.2, 0.25) is 0 Å². The van der Waals surface area contributed by atoms with Gasteiger partial charge in [-0.05, 0) is 31.0 Å². The molecule has 2 N–H and O–H groups in total. The summed E-state index contributed by atoms with van der Waals surface area (Å²) in [5.41, 5.74) is 1.62. The Balaban J connectivity index is 2.99. The lowest BCUT2D eigenvalue weighted by molar-refractivity contribution is 0.169. The Labute approximate surface area is 90.3 Å². The number of aromatic hydroxyl groups is 1. The van der Waals surface area contributed by atoms with Crippen molar-refractivity contribution in [2.45, 2.75) is 32.8 Å². The predicted octanol–water partition coefficient (Wildman–Crippen LogP) is 2.02. The molecule has 84 valence electrons. The number of aryl methyl sites for hydroxylation is 1. The van der Waals surface area contributed by atoms with Crippen molar-refractivity contribution in [3.63, 3.8) is 0 Å². The van der Waals surface area contributed by atoms with Gasteiger partial charge in [-0.15, -0.1) is 0 Å². The summed E-state index contributed by atoms with van der Waals surface area (Å²) < 4.78 is 5.20. The molecule has 3 heteroatoms. The first-order valence-corrected chi connectivity index (χ1v) is 5.13. The zero-order valence-electron chi connectivity index (χ0n) is 9.45. The Hall–Kier alpha value is -1.22. The Morgan fingerprint density at radius 3 is 2.60 bits per heavy atom. The third-order valence-corrected chi connectivity index (χ3v) is 2.53. The smallest absolute Gasteiger partial charge is 0.122 e. The van der Waals surface area contributed by atoms with Crippen molar-refractivity contribution in [1.82, 2.24) is 0 Å². The summed E-state index contributed by atoms with van der Waals surface area (Å²) >= 11 is 0. The van der Waals surface area contributed by atoms with Crippen molar-refractivity contribution in [1.29, 1.82) is 0 Å². The van der Waals surface area contributed by atoms with Crippen LogP contribution in [0.15, 0.2) is 12.1 Å². The zero-order valence-corrected chi connectivity index (χ0v) is 9.45. The van der Waals surface area contributed by atoms with Crippen molar-refractivity contribution in [3.8, 4) is 11.5 Å². The second-order valence-corrected chi connectivity index (χ2v) is 3.72. The predicted molar refractivity (Wildman–Crippen MR) is 59.4 cm³/mol. The quantitative estimate of drug-likeness (QED) is 0.799. The minimum absolute atomic E-state index is 0.245. The van der Waals surface area contributed by atoms with Crippen LogP contribution in [0.25, 0.3) is 0 Å². The average Bonchev–Trinajstić information content (AvgIpc) is 2.22. The molecule has 0 spiro atoms. The molecule has 0 aliphatic rings. The van der Waals surface area contributed by atoms with E-state index in [1.54, 1.807) is 19.2 Å². The summed E-state index contributed by atoms with van der Waals surface area (Å²) in [7, 11) is 1.59. The number of hydrogen-bond acceptors (Lipinski definition) is 3. The van der Waals surface area contributed by atoms with Gasteiger partial charge in [-0.25, -0.2) is 0 Å². The van der Waals surface area contributed by atoms with Crippen LogP contribution in [0.5, 0.6) is 11.5 Å². The summed E-state index contributed by atoms with van der Waals surface area (Å²) in [5.74, 6) is 0.965. The summed E-state index contributed by atoms with van der Waals surface area (Å²) in [4.78, 5) is 0. The van der Waals surface area contributed by atoms with Gasteiger partial charge in [0.25, 0.3) is 0 Å². The van der Waals surface area contributed by atoms with E-state index in [4.69, 9.17) is 4.74 Å². The van der Waals surface area contributed by atoms with Crippen molar-refractivity contribution in [3.05, 3.63) is 23.3 Å². The van der Waals surface area contributed by atoms with Crippen LogP contribution in [-0.2, 0) is 6.42 Å².